The lowest BCUT2D eigenvalue weighted by molar-refractivity contribution is 0.493. The van der Waals surface area contributed by atoms with Crippen molar-refractivity contribution in [1.29, 1.82) is 0 Å². The van der Waals surface area contributed by atoms with E-state index in [0.29, 0.717) is 35.5 Å². The lowest BCUT2D eigenvalue weighted by Crippen LogP contribution is -2.12. The van der Waals surface area contributed by atoms with Gasteiger partial charge in [-0.1, -0.05) is 40.0 Å². The number of nitrogens with one attached hydrogen (secondary N) is 6. The van der Waals surface area contributed by atoms with Crippen LogP contribution < -0.4 is 16.0 Å². The summed E-state index contributed by atoms with van der Waals surface area (Å²) < 4.78 is 6.75. The van der Waals surface area contributed by atoms with E-state index in [9.17, 15) is 0 Å². The van der Waals surface area contributed by atoms with Crippen LogP contribution in [-0.2, 0) is 0 Å². The molecule has 0 spiro atoms. The third-order valence-electron chi connectivity index (χ3n) is 12.9. The minimum absolute atomic E-state index is 0.542. The molecule has 57 heavy (non-hydrogen) atoms. The van der Waals surface area contributed by atoms with E-state index in [1.807, 2.05) is 55.8 Å². The summed E-state index contributed by atoms with van der Waals surface area (Å²) in [4.78, 5) is 36.3. The van der Waals surface area contributed by atoms with Gasteiger partial charge in [-0.05, 0) is 55.6 Å². The van der Waals surface area contributed by atoms with Gasteiger partial charge in [0.15, 0.2) is 33.9 Å². The Morgan fingerprint density at radius 1 is 0.439 bits per heavy atom. The first-order valence-corrected chi connectivity index (χ1v) is 20.7. The number of hydrogen-bond donors (Lipinski definition) is 6. The van der Waals surface area contributed by atoms with Gasteiger partial charge < -0.3 is 30.9 Å². The van der Waals surface area contributed by atoms with Crippen LogP contribution >= 0.6 is 0 Å². The van der Waals surface area contributed by atoms with Crippen molar-refractivity contribution >= 4 is 50.4 Å². The summed E-state index contributed by atoms with van der Waals surface area (Å²) in [5, 5.41) is 10.5. The van der Waals surface area contributed by atoms with Crippen molar-refractivity contribution in [1.82, 2.24) is 74.0 Å². The maximum atomic E-state index is 4.52. The van der Waals surface area contributed by atoms with E-state index in [4.69, 9.17) is 0 Å². The number of hydrogen-bond acceptors (Lipinski definition) is 9. The number of rotatable bonds is 6. The SMILES string of the molecule is CC[C@@H]1CNC[C@@H]1c1cnc2cnc3[nH]ccc3n12.CC[C@@H]1CNC[C@@H]1c1cnc2cnc3[nH]ccc3n12.CC[C@@H]1CNC[C@@H]1c1cnc2cnc3[nH]ccc3n12. The van der Waals surface area contributed by atoms with Crippen molar-refractivity contribution in [3.63, 3.8) is 0 Å². The highest BCUT2D eigenvalue weighted by atomic mass is 15.1. The van der Waals surface area contributed by atoms with Gasteiger partial charge in [0.05, 0.1) is 35.1 Å². The van der Waals surface area contributed by atoms with E-state index < -0.39 is 0 Å². The molecule has 6 atom stereocenters. The Labute approximate surface area is 329 Å². The second-order valence-electron chi connectivity index (χ2n) is 15.8. The second-order valence-corrected chi connectivity index (χ2v) is 15.8. The number of aromatic nitrogens is 12. The average Bonchev–Trinajstić information content (AvgIpc) is 4.09. The molecule has 9 aromatic rings. The molecule has 0 bridgehead atoms. The molecule has 9 aromatic heterocycles. The average molecular weight is 766 g/mol. The quantitative estimate of drug-likeness (QED) is 0.123. The smallest absolute Gasteiger partial charge is 0.156 e. The summed E-state index contributed by atoms with van der Waals surface area (Å²) in [5.74, 6) is 3.72. The van der Waals surface area contributed by atoms with E-state index in [1.165, 1.54) is 36.3 Å². The molecular weight excluding hydrogens is 715 g/mol. The van der Waals surface area contributed by atoms with Crippen molar-refractivity contribution in [3.05, 3.63) is 91.1 Å². The molecular formula is C42H51N15. The molecule has 0 radical (unpaired) electrons. The van der Waals surface area contributed by atoms with E-state index in [2.05, 4.69) is 113 Å². The van der Waals surface area contributed by atoms with Crippen LogP contribution in [-0.4, -0.2) is 97.3 Å². The Morgan fingerprint density at radius 2 is 0.754 bits per heavy atom. The summed E-state index contributed by atoms with van der Waals surface area (Å²) in [7, 11) is 0. The van der Waals surface area contributed by atoms with E-state index in [1.54, 1.807) is 0 Å². The standard InChI is InChI=1S/3C14H17N5/c3*1-2-9-5-15-6-10(9)12-7-17-13-8-18-14-11(19(12)13)3-4-16-14/h3*3-4,7-10,15-16H,2,5-6H2,1H3/t3*9-,10+/m111/s1. The van der Waals surface area contributed by atoms with Crippen LogP contribution in [0.3, 0.4) is 0 Å². The van der Waals surface area contributed by atoms with Gasteiger partial charge in [0.2, 0.25) is 0 Å². The number of aromatic amines is 3. The molecule has 0 aromatic carbocycles. The van der Waals surface area contributed by atoms with Crippen LogP contribution in [0.4, 0.5) is 0 Å². The molecule has 0 aliphatic carbocycles. The summed E-state index contributed by atoms with van der Waals surface area (Å²) >= 11 is 0. The zero-order valence-corrected chi connectivity index (χ0v) is 32.8. The Balaban J connectivity index is 0.000000104. The monoisotopic (exact) mass is 765 g/mol. The maximum Gasteiger partial charge on any atom is 0.156 e. The predicted molar refractivity (Wildman–Crippen MR) is 223 cm³/mol. The summed E-state index contributed by atoms with van der Waals surface area (Å²) in [5.41, 5.74) is 12.8. The Kier molecular flexibility index (Phi) is 9.43. The van der Waals surface area contributed by atoms with E-state index in [0.717, 1.165) is 89.7 Å². The lowest BCUT2D eigenvalue weighted by Gasteiger charge is -2.16. The molecule has 15 nitrogen and oxygen atoms in total. The summed E-state index contributed by atoms with van der Waals surface area (Å²) in [6.07, 6.45) is 21.0. The first-order chi connectivity index (χ1) is 28.1. The minimum atomic E-state index is 0.542. The maximum absolute atomic E-state index is 4.52. The van der Waals surface area contributed by atoms with Gasteiger partial charge in [0.25, 0.3) is 0 Å². The van der Waals surface area contributed by atoms with Crippen molar-refractivity contribution in [2.45, 2.75) is 57.8 Å². The third kappa shape index (κ3) is 6.15. The van der Waals surface area contributed by atoms with Gasteiger partial charge >= 0.3 is 0 Å². The van der Waals surface area contributed by atoms with Crippen molar-refractivity contribution < 1.29 is 0 Å². The molecule has 3 aliphatic rings. The van der Waals surface area contributed by atoms with E-state index >= 15 is 0 Å². The fraction of sp³-hybridized carbons (Fsp3) is 0.429. The van der Waals surface area contributed by atoms with Crippen molar-refractivity contribution in [2.24, 2.45) is 17.8 Å². The topological polar surface area (TPSA) is 174 Å². The first-order valence-electron chi connectivity index (χ1n) is 20.7. The summed E-state index contributed by atoms with van der Waals surface area (Å²) in [6, 6.07) is 6.22. The van der Waals surface area contributed by atoms with Gasteiger partial charge in [0.1, 0.15) is 0 Å². The molecule has 294 valence electrons. The van der Waals surface area contributed by atoms with Crippen LogP contribution in [0.15, 0.2) is 74.0 Å². The molecule has 6 N–H and O–H groups in total. The Bertz CT molecular complexity index is 2480. The largest absolute Gasteiger partial charge is 0.345 e. The molecule has 3 aliphatic heterocycles. The van der Waals surface area contributed by atoms with Crippen LogP contribution in [0.2, 0.25) is 0 Å². The molecule has 3 saturated heterocycles. The molecule has 0 amide bonds. The van der Waals surface area contributed by atoms with Crippen LogP contribution in [0, 0.1) is 17.8 Å². The molecule has 0 unspecified atom stereocenters. The van der Waals surface area contributed by atoms with Gasteiger partial charge in [-0.3, -0.25) is 13.2 Å². The summed E-state index contributed by atoms with van der Waals surface area (Å²) in [6.45, 7) is 13.2. The minimum Gasteiger partial charge on any atom is -0.345 e. The highest BCUT2D eigenvalue weighted by molar-refractivity contribution is 5.76. The fourth-order valence-electron chi connectivity index (χ4n) is 9.79. The molecule has 15 heteroatoms. The Morgan fingerprint density at radius 3 is 1.05 bits per heavy atom. The number of nitrogens with zero attached hydrogens (tertiary/aromatic N) is 9. The molecule has 3 fully saturated rings. The molecule has 12 rings (SSSR count). The highest BCUT2D eigenvalue weighted by Gasteiger charge is 2.32. The van der Waals surface area contributed by atoms with Crippen LogP contribution in [0.25, 0.3) is 50.4 Å². The van der Waals surface area contributed by atoms with Crippen molar-refractivity contribution in [3.8, 4) is 0 Å². The molecule has 0 saturated carbocycles. The normalized spacial score (nSPS) is 23.6. The predicted octanol–water partition coefficient (Wildman–Crippen LogP) is 5.77. The van der Waals surface area contributed by atoms with E-state index in [-0.39, 0.29) is 0 Å². The number of H-pyrrole nitrogens is 3. The Hall–Kier alpha value is -5.64. The van der Waals surface area contributed by atoms with Gasteiger partial charge in [0, 0.05) is 91.7 Å². The third-order valence-corrected chi connectivity index (χ3v) is 12.9. The highest BCUT2D eigenvalue weighted by Crippen LogP contribution is 2.34. The van der Waals surface area contributed by atoms with Gasteiger partial charge in [-0.15, -0.1) is 0 Å². The first kappa shape index (κ1) is 35.8. The lowest BCUT2D eigenvalue weighted by atomic mass is 9.91. The molecule has 12 heterocycles. The van der Waals surface area contributed by atoms with Gasteiger partial charge in [-0.25, -0.2) is 29.9 Å². The van der Waals surface area contributed by atoms with Gasteiger partial charge in [-0.2, -0.15) is 0 Å². The zero-order chi connectivity index (χ0) is 38.5. The fourth-order valence-corrected chi connectivity index (χ4v) is 9.79. The van der Waals surface area contributed by atoms with Crippen LogP contribution in [0.1, 0.15) is 74.9 Å². The number of fused-ring (bicyclic) bond motifs is 9. The van der Waals surface area contributed by atoms with Crippen molar-refractivity contribution in [2.75, 3.05) is 39.3 Å². The zero-order valence-electron chi connectivity index (χ0n) is 32.8. The second kappa shape index (κ2) is 15.0. The number of imidazole rings is 3. The van der Waals surface area contributed by atoms with Crippen LogP contribution in [0.5, 0.6) is 0 Å².